The molecule has 0 aliphatic carbocycles. The highest BCUT2D eigenvalue weighted by atomic mass is 35.5. The third kappa shape index (κ3) is 2.61. The molecule has 2 rings (SSSR count). The highest BCUT2D eigenvalue weighted by molar-refractivity contribution is 6.30. The zero-order valence-electron chi connectivity index (χ0n) is 8.52. The third-order valence-corrected chi connectivity index (χ3v) is 2.25. The average molecular weight is 235 g/mol. The first kappa shape index (κ1) is 10.7. The van der Waals surface area contributed by atoms with Gasteiger partial charge in [-0.05, 0) is 18.2 Å². The molecule has 16 heavy (non-hydrogen) atoms. The lowest BCUT2D eigenvalue weighted by atomic mass is 10.3. The van der Waals surface area contributed by atoms with E-state index in [1.165, 1.54) is 0 Å². The Kier molecular flexibility index (Phi) is 3.22. The summed E-state index contributed by atoms with van der Waals surface area (Å²) in [6, 6.07) is 7.40. The summed E-state index contributed by atoms with van der Waals surface area (Å²) in [5.41, 5.74) is 7.22. The molecule has 0 saturated carbocycles. The van der Waals surface area contributed by atoms with Crippen LogP contribution in [0, 0.1) is 0 Å². The fraction of sp³-hybridized carbons (Fsp3) is 0.0909. The quantitative estimate of drug-likeness (QED) is 0.856. The second kappa shape index (κ2) is 4.81. The number of pyridine rings is 2. The fourth-order valence-electron chi connectivity index (χ4n) is 1.28. The van der Waals surface area contributed by atoms with E-state index >= 15 is 0 Å². The van der Waals surface area contributed by atoms with Gasteiger partial charge in [-0.15, -0.1) is 0 Å². The lowest BCUT2D eigenvalue weighted by Crippen LogP contribution is -2.05. The fourth-order valence-corrected chi connectivity index (χ4v) is 1.45. The normalized spacial score (nSPS) is 10.1. The van der Waals surface area contributed by atoms with Crippen LogP contribution in [0.1, 0.15) is 5.69 Å². The molecule has 0 aliphatic heterocycles. The van der Waals surface area contributed by atoms with Crippen molar-refractivity contribution >= 4 is 23.1 Å². The first-order chi connectivity index (χ1) is 7.75. The van der Waals surface area contributed by atoms with Gasteiger partial charge in [0.05, 0.1) is 22.9 Å². The van der Waals surface area contributed by atoms with Crippen LogP contribution in [0.4, 0.5) is 11.5 Å². The number of nitrogens with one attached hydrogen (secondary N) is 1. The van der Waals surface area contributed by atoms with E-state index in [1.54, 1.807) is 18.5 Å². The maximum Gasteiger partial charge on any atom is 0.149 e. The second-order valence-corrected chi connectivity index (χ2v) is 3.70. The van der Waals surface area contributed by atoms with Gasteiger partial charge >= 0.3 is 0 Å². The Bertz CT molecular complexity index is 473. The zero-order chi connectivity index (χ0) is 11.4. The molecular weight excluding hydrogens is 224 g/mol. The maximum absolute atomic E-state index is 5.76. The summed E-state index contributed by atoms with van der Waals surface area (Å²) >= 11 is 5.75. The smallest absolute Gasteiger partial charge is 0.149 e. The van der Waals surface area contributed by atoms with Crippen LogP contribution in [0.2, 0.25) is 5.02 Å². The molecule has 0 saturated heterocycles. The van der Waals surface area contributed by atoms with Crippen molar-refractivity contribution in [3.63, 3.8) is 0 Å². The Morgan fingerprint density at radius 3 is 2.88 bits per heavy atom. The summed E-state index contributed by atoms with van der Waals surface area (Å²) in [5, 5.41) is 3.63. The Hall–Kier alpha value is -1.81. The Labute approximate surface area is 98.5 Å². The summed E-state index contributed by atoms with van der Waals surface area (Å²) in [7, 11) is 0. The minimum Gasteiger partial charge on any atom is -0.396 e. The van der Waals surface area contributed by atoms with E-state index in [4.69, 9.17) is 17.3 Å². The number of nitrogen functional groups attached to an aromatic ring is 1. The van der Waals surface area contributed by atoms with Crippen molar-refractivity contribution in [2.45, 2.75) is 6.54 Å². The zero-order valence-corrected chi connectivity index (χ0v) is 9.28. The number of rotatable bonds is 3. The van der Waals surface area contributed by atoms with Gasteiger partial charge < -0.3 is 11.1 Å². The van der Waals surface area contributed by atoms with Gasteiger partial charge in [0.15, 0.2) is 0 Å². The van der Waals surface area contributed by atoms with Gasteiger partial charge in [0.25, 0.3) is 0 Å². The molecule has 0 aromatic carbocycles. The SMILES string of the molecule is Nc1cc(Cl)cnc1NCc1ccccn1. The highest BCUT2D eigenvalue weighted by Gasteiger charge is 2.01. The van der Waals surface area contributed by atoms with Crippen molar-refractivity contribution in [2.75, 3.05) is 11.1 Å². The van der Waals surface area contributed by atoms with Crippen LogP contribution in [0.25, 0.3) is 0 Å². The standard InChI is InChI=1S/C11H11ClN4/c12-8-5-10(13)11(15-6-8)16-7-9-3-1-2-4-14-9/h1-6H,7,13H2,(H,15,16). The molecule has 0 spiro atoms. The molecule has 0 radical (unpaired) electrons. The van der Waals surface area contributed by atoms with Gasteiger partial charge in [-0.1, -0.05) is 17.7 Å². The molecule has 0 aliphatic rings. The van der Waals surface area contributed by atoms with Crippen LogP contribution < -0.4 is 11.1 Å². The molecule has 2 aromatic rings. The first-order valence-electron chi connectivity index (χ1n) is 4.80. The summed E-state index contributed by atoms with van der Waals surface area (Å²) in [6.45, 7) is 0.583. The van der Waals surface area contributed by atoms with Crippen molar-refractivity contribution in [3.05, 3.63) is 47.4 Å². The molecule has 0 amide bonds. The predicted octanol–water partition coefficient (Wildman–Crippen LogP) is 2.32. The van der Waals surface area contributed by atoms with E-state index in [0.29, 0.717) is 23.1 Å². The van der Waals surface area contributed by atoms with Crippen molar-refractivity contribution < 1.29 is 0 Å². The molecule has 0 bridgehead atoms. The van der Waals surface area contributed by atoms with E-state index in [-0.39, 0.29) is 0 Å². The van der Waals surface area contributed by atoms with Crippen molar-refractivity contribution in [3.8, 4) is 0 Å². The second-order valence-electron chi connectivity index (χ2n) is 3.27. The molecular formula is C11H11ClN4. The minimum absolute atomic E-state index is 0.529. The number of nitrogens with two attached hydrogens (primary N) is 1. The predicted molar refractivity (Wildman–Crippen MR) is 65.2 cm³/mol. The maximum atomic E-state index is 5.76. The van der Waals surface area contributed by atoms with Gasteiger partial charge in [-0.3, -0.25) is 4.98 Å². The first-order valence-corrected chi connectivity index (χ1v) is 5.18. The Morgan fingerprint density at radius 2 is 2.19 bits per heavy atom. The van der Waals surface area contributed by atoms with Crippen molar-refractivity contribution in [2.24, 2.45) is 0 Å². The van der Waals surface area contributed by atoms with E-state index < -0.39 is 0 Å². The molecule has 3 N–H and O–H groups in total. The van der Waals surface area contributed by atoms with E-state index in [9.17, 15) is 0 Å². The summed E-state index contributed by atoms with van der Waals surface area (Å²) in [6.07, 6.45) is 3.30. The van der Waals surface area contributed by atoms with E-state index in [0.717, 1.165) is 5.69 Å². The molecule has 2 aromatic heterocycles. The highest BCUT2D eigenvalue weighted by Crippen LogP contribution is 2.19. The van der Waals surface area contributed by atoms with Gasteiger partial charge in [0.1, 0.15) is 5.82 Å². The molecule has 2 heterocycles. The molecule has 4 nitrogen and oxygen atoms in total. The molecule has 5 heteroatoms. The third-order valence-electron chi connectivity index (χ3n) is 2.05. The van der Waals surface area contributed by atoms with Gasteiger partial charge in [-0.25, -0.2) is 4.98 Å². The Balaban J connectivity index is 2.05. The monoisotopic (exact) mass is 234 g/mol. The van der Waals surface area contributed by atoms with Crippen LogP contribution >= 0.6 is 11.6 Å². The molecule has 0 fully saturated rings. The van der Waals surface area contributed by atoms with Gasteiger partial charge in [-0.2, -0.15) is 0 Å². The molecule has 0 atom stereocenters. The summed E-state index contributed by atoms with van der Waals surface area (Å²) in [4.78, 5) is 8.28. The van der Waals surface area contributed by atoms with E-state index in [2.05, 4.69) is 15.3 Å². The summed E-state index contributed by atoms with van der Waals surface area (Å²) in [5.74, 6) is 0.620. The average Bonchev–Trinajstić information content (AvgIpc) is 2.29. The topological polar surface area (TPSA) is 63.8 Å². The number of anilines is 2. The van der Waals surface area contributed by atoms with Crippen LogP contribution in [-0.4, -0.2) is 9.97 Å². The molecule has 82 valence electrons. The number of aromatic nitrogens is 2. The lowest BCUT2D eigenvalue weighted by molar-refractivity contribution is 1.03. The molecule has 0 unspecified atom stereocenters. The van der Waals surface area contributed by atoms with Gasteiger partial charge in [0, 0.05) is 12.4 Å². The van der Waals surface area contributed by atoms with Gasteiger partial charge in [0.2, 0.25) is 0 Å². The van der Waals surface area contributed by atoms with Crippen LogP contribution in [0.3, 0.4) is 0 Å². The van der Waals surface area contributed by atoms with Crippen LogP contribution in [0.15, 0.2) is 36.7 Å². The van der Waals surface area contributed by atoms with Crippen LogP contribution in [-0.2, 0) is 6.54 Å². The summed E-state index contributed by atoms with van der Waals surface area (Å²) < 4.78 is 0. The lowest BCUT2D eigenvalue weighted by Gasteiger charge is -2.07. The van der Waals surface area contributed by atoms with E-state index in [1.807, 2.05) is 18.2 Å². The van der Waals surface area contributed by atoms with Crippen LogP contribution in [0.5, 0.6) is 0 Å². The number of hydrogen-bond donors (Lipinski definition) is 2. The number of halogens is 1. The van der Waals surface area contributed by atoms with Crippen molar-refractivity contribution in [1.29, 1.82) is 0 Å². The number of hydrogen-bond acceptors (Lipinski definition) is 4. The Morgan fingerprint density at radius 1 is 1.31 bits per heavy atom. The number of nitrogens with zero attached hydrogens (tertiary/aromatic N) is 2. The largest absolute Gasteiger partial charge is 0.396 e. The minimum atomic E-state index is 0.529. The van der Waals surface area contributed by atoms with Crippen molar-refractivity contribution in [1.82, 2.24) is 9.97 Å².